The van der Waals surface area contributed by atoms with Crippen molar-refractivity contribution < 1.29 is 9.90 Å². The van der Waals surface area contributed by atoms with Crippen LogP contribution in [0.3, 0.4) is 0 Å². The molecule has 0 bridgehead atoms. The molecule has 0 spiro atoms. The van der Waals surface area contributed by atoms with Crippen LogP contribution in [-0.2, 0) is 0 Å². The molecule has 1 aromatic rings. The summed E-state index contributed by atoms with van der Waals surface area (Å²) in [6.07, 6.45) is 1.66. The van der Waals surface area contributed by atoms with Crippen molar-refractivity contribution in [3.8, 4) is 5.75 Å². The lowest BCUT2D eigenvalue weighted by Crippen LogP contribution is -2.31. The monoisotopic (exact) mass is 273 g/mol. The molecule has 5 heteroatoms. The van der Waals surface area contributed by atoms with Crippen LogP contribution in [-0.4, -0.2) is 24.0 Å². The number of hydrogen-bond donors (Lipinski definition) is 2. The standard InChI is InChI=1S/C12H13Cl2NO2/c13-9-5-8(6-10(14)12(9)17)11(16)7-1-3-15-4-2-7/h5-7,15,17H,1-4H2. The third-order valence-electron chi connectivity index (χ3n) is 3.01. The third kappa shape index (κ3) is 2.73. The maximum atomic E-state index is 12.2. The smallest absolute Gasteiger partial charge is 0.166 e. The number of Topliss-reactive ketones (excluding diaryl/α,β-unsaturated/α-hetero) is 1. The SMILES string of the molecule is O=C(c1cc(Cl)c(O)c(Cl)c1)C1CCNCC1. The fourth-order valence-electron chi connectivity index (χ4n) is 2.03. The van der Waals surface area contributed by atoms with Crippen LogP contribution in [0, 0.1) is 5.92 Å². The molecule has 1 heterocycles. The Bertz CT molecular complexity index is 419. The van der Waals surface area contributed by atoms with Gasteiger partial charge >= 0.3 is 0 Å². The second-order valence-corrected chi connectivity index (χ2v) is 4.99. The van der Waals surface area contributed by atoms with E-state index in [4.69, 9.17) is 23.2 Å². The van der Waals surface area contributed by atoms with Crippen LogP contribution in [0.2, 0.25) is 10.0 Å². The molecule has 17 heavy (non-hydrogen) atoms. The number of rotatable bonds is 2. The van der Waals surface area contributed by atoms with Gasteiger partial charge in [-0.15, -0.1) is 0 Å². The van der Waals surface area contributed by atoms with Crippen molar-refractivity contribution in [2.75, 3.05) is 13.1 Å². The van der Waals surface area contributed by atoms with Gasteiger partial charge in [-0.05, 0) is 38.1 Å². The predicted octanol–water partition coefficient (Wildman–Crippen LogP) is 2.88. The first-order valence-electron chi connectivity index (χ1n) is 5.52. The quantitative estimate of drug-likeness (QED) is 0.815. The summed E-state index contributed by atoms with van der Waals surface area (Å²) in [4.78, 5) is 12.2. The predicted molar refractivity (Wildman–Crippen MR) is 68.1 cm³/mol. The van der Waals surface area contributed by atoms with Crippen LogP contribution in [0.5, 0.6) is 5.75 Å². The number of carbonyl (C=O) groups is 1. The molecular formula is C12H13Cl2NO2. The number of ketones is 1. The molecule has 0 aromatic heterocycles. The Morgan fingerprint density at radius 3 is 2.29 bits per heavy atom. The number of benzene rings is 1. The molecule has 2 rings (SSSR count). The van der Waals surface area contributed by atoms with E-state index < -0.39 is 0 Å². The van der Waals surface area contributed by atoms with Gasteiger partial charge in [0.05, 0.1) is 10.0 Å². The minimum Gasteiger partial charge on any atom is -0.505 e. The Morgan fingerprint density at radius 1 is 1.24 bits per heavy atom. The van der Waals surface area contributed by atoms with Crippen LogP contribution in [0.15, 0.2) is 12.1 Å². The highest BCUT2D eigenvalue weighted by molar-refractivity contribution is 6.37. The summed E-state index contributed by atoms with van der Waals surface area (Å²) in [5.74, 6) is -0.0987. The maximum Gasteiger partial charge on any atom is 0.166 e. The van der Waals surface area contributed by atoms with E-state index >= 15 is 0 Å². The lowest BCUT2D eigenvalue weighted by molar-refractivity contribution is 0.0895. The molecule has 0 aliphatic carbocycles. The van der Waals surface area contributed by atoms with Crippen molar-refractivity contribution in [1.29, 1.82) is 0 Å². The van der Waals surface area contributed by atoms with Crippen LogP contribution in [0.1, 0.15) is 23.2 Å². The van der Waals surface area contributed by atoms with Crippen molar-refractivity contribution >= 4 is 29.0 Å². The van der Waals surface area contributed by atoms with Crippen molar-refractivity contribution in [3.05, 3.63) is 27.7 Å². The summed E-state index contributed by atoms with van der Waals surface area (Å²) in [6, 6.07) is 2.96. The molecule has 0 unspecified atom stereocenters. The number of phenolic OH excluding ortho intramolecular Hbond substituents is 1. The van der Waals surface area contributed by atoms with E-state index in [1.165, 1.54) is 12.1 Å². The first-order valence-corrected chi connectivity index (χ1v) is 6.28. The van der Waals surface area contributed by atoms with Crippen LogP contribution in [0.25, 0.3) is 0 Å². The fourth-order valence-corrected chi connectivity index (χ4v) is 2.51. The summed E-state index contributed by atoms with van der Waals surface area (Å²) in [6.45, 7) is 1.71. The van der Waals surface area contributed by atoms with E-state index in [1.54, 1.807) is 0 Å². The first-order chi connectivity index (χ1) is 8.09. The summed E-state index contributed by atoms with van der Waals surface area (Å²) >= 11 is 11.6. The Balaban J connectivity index is 2.24. The highest BCUT2D eigenvalue weighted by atomic mass is 35.5. The van der Waals surface area contributed by atoms with Crippen LogP contribution < -0.4 is 5.32 Å². The molecule has 1 fully saturated rings. The molecule has 1 aliphatic heterocycles. The van der Waals surface area contributed by atoms with E-state index in [0.29, 0.717) is 5.56 Å². The lowest BCUT2D eigenvalue weighted by atomic mass is 9.89. The average molecular weight is 274 g/mol. The number of aromatic hydroxyl groups is 1. The third-order valence-corrected chi connectivity index (χ3v) is 3.59. The van der Waals surface area contributed by atoms with Crippen LogP contribution >= 0.6 is 23.2 Å². The summed E-state index contributed by atoms with van der Waals surface area (Å²) in [7, 11) is 0. The van der Waals surface area contributed by atoms with Gasteiger partial charge in [-0.1, -0.05) is 23.2 Å². The number of phenols is 1. The van der Waals surface area contributed by atoms with Crippen molar-refractivity contribution in [2.45, 2.75) is 12.8 Å². The van der Waals surface area contributed by atoms with Gasteiger partial charge < -0.3 is 10.4 Å². The van der Waals surface area contributed by atoms with E-state index in [9.17, 15) is 9.90 Å². The Hall–Kier alpha value is -0.770. The number of carbonyl (C=O) groups excluding carboxylic acids is 1. The summed E-state index contributed by atoms with van der Waals surface area (Å²) in [5.41, 5.74) is 0.477. The molecule has 0 amide bonds. The average Bonchev–Trinajstić information content (AvgIpc) is 2.35. The van der Waals surface area contributed by atoms with Crippen molar-refractivity contribution in [2.24, 2.45) is 5.92 Å². The normalized spacial score (nSPS) is 17.1. The Labute approximate surface area is 110 Å². The van der Waals surface area contributed by atoms with E-state index in [0.717, 1.165) is 25.9 Å². The number of piperidine rings is 1. The summed E-state index contributed by atoms with van der Waals surface area (Å²) in [5, 5.41) is 12.9. The zero-order valence-corrected chi connectivity index (χ0v) is 10.7. The highest BCUT2D eigenvalue weighted by Crippen LogP contribution is 2.34. The molecule has 1 aliphatic rings. The number of halogens is 2. The van der Waals surface area contributed by atoms with Gasteiger partial charge in [0.25, 0.3) is 0 Å². The molecule has 3 nitrogen and oxygen atoms in total. The van der Waals surface area contributed by atoms with Gasteiger partial charge in [0, 0.05) is 11.5 Å². The molecule has 1 saturated heterocycles. The Kier molecular flexibility index (Phi) is 3.92. The topological polar surface area (TPSA) is 49.3 Å². The molecule has 2 N–H and O–H groups in total. The van der Waals surface area contributed by atoms with E-state index in [1.807, 2.05) is 0 Å². The molecule has 1 aromatic carbocycles. The molecule has 92 valence electrons. The van der Waals surface area contributed by atoms with Gasteiger partial charge in [-0.2, -0.15) is 0 Å². The second kappa shape index (κ2) is 5.25. The van der Waals surface area contributed by atoms with Gasteiger partial charge in [0.2, 0.25) is 0 Å². The fraction of sp³-hybridized carbons (Fsp3) is 0.417. The number of hydrogen-bond acceptors (Lipinski definition) is 3. The zero-order valence-electron chi connectivity index (χ0n) is 9.17. The van der Waals surface area contributed by atoms with Crippen LogP contribution in [0.4, 0.5) is 0 Å². The summed E-state index contributed by atoms with van der Waals surface area (Å²) < 4.78 is 0. The highest BCUT2D eigenvalue weighted by Gasteiger charge is 2.23. The Morgan fingerprint density at radius 2 is 1.76 bits per heavy atom. The van der Waals surface area contributed by atoms with Gasteiger partial charge in [0.15, 0.2) is 11.5 Å². The molecule has 0 saturated carbocycles. The van der Waals surface area contributed by atoms with Crippen molar-refractivity contribution in [3.63, 3.8) is 0 Å². The van der Waals surface area contributed by atoms with E-state index in [-0.39, 0.29) is 27.5 Å². The largest absolute Gasteiger partial charge is 0.505 e. The lowest BCUT2D eigenvalue weighted by Gasteiger charge is -2.21. The zero-order chi connectivity index (χ0) is 12.4. The van der Waals surface area contributed by atoms with Crippen molar-refractivity contribution in [1.82, 2.24) is 5.32 Å². The maximum absolute atomic E-state index is 12.2. The van der Waals surface area contributed by atoms with E-state index in [2.05, 4.69) is 5.32 Å². The first kappa shape index (κ1) is 12.7. The molecule has 0 radical (unpaired) electrons. The minimum atomic E-state index is -0.171. The number of nitrogens with one attached hydrogen (secondary N) is 1. The van der Waals surface area contributed by atoms with Gasteiger partial charge in [-0.25, -0.2) is 0 Å². The second-order valence-electron chi connectivity index (χ2n) is 4.18. The molecule has 0 atom stereocenters. The minimum absolute atomic E-state index is 0.0212. The molecular weight excluding hydrogens is 261 g/mol. The van der Waals surface area contributed by atoms with Gasteiger partial charge in [0.1, 0.15) is 0 Å². The van der Waals surface area contributed by atoms with Gasteiger partial charge in [-0.3, -0.25) is 4.79 Å².